The largest absolute Gasteiger partial charge is 1.00 e. The minimum Gasteiger partial charge on any atom is -0.543 e. The third-order valence-electron chi connectivity index (χ3n) is 3.39. The number of Topliss-reactive ketones (excluding diaryl/α,β-unsaturated/α-hetero) is 1. The van der Waals surface area contributed by atoms with Crippen molar-refractivity contribution in [2.24, 2.45) is 0 Å². The predicted octanol–water partition coefficient (Wildman–Crippen LogP) is -1.48. The Bertz CT molecular complexity index is 831. The van der Waals surface area contributed by atoms with Crippen molar-refractivity contribution in [3.8, 4) is 5.69 Å². The number of aromatic carboxylic acids is 1. The zero-order valence-corrected chi connectivity index (χ0v) is 17.2. The molecule has 8 heteroatoms. The van der Waals surface area contributed by atoms with E-state index in [2.05, 4.69) is 21.0 Å². The standard InChI is InChI=1S/C16H15BrN2O4.Na/c1-3-11-13(12(20)4-2)15(21)14(16(22)23)18-19(11)10-7-5-9(17)6-8-10;/h5-8H,3-4H2,1-2H3,(H,22,23);/q;+1/p-1. The number of rotatable bonds is 5. The van der Waals surface area contributed by atoms with Crippen molar-refractivity contribution in [3.63, 3.8) is 0 Å². The van der Waals surface area contributed by atoms with Gasteiger partial charge in [0.1, 0.15) is 0 Å². The van der Waals surface area contributed by atoms with Crippen LogP contribution in [0.3, 0.4) is 0 Å². The summed E-state index contributed by atoms with van der Waals surface area (Å²) in [5.74, 6) is -2.11. The number of halogens is 1. The van der Waals surface area contributed by atoms with Crippen LogP contribution in [0.5, 0.6) is 0 Å². The van der Waals surface area contributed by atoms with Gasteiger partial charge in [-0.3, -0.25) is 9.59 Å². The van der Waals surface area contributed by atoms with E-state index in [1.54, 1.807) is 38.1 Å². The molecule has 0 amide bonds. The fraction of sp³-hybridized carbons (Fsp3) is 0.250. The van der Waals surface area contributed by atoms with Crippen LogP contribution in [0.2, 0.25) is 0 Å². The van der Waals surface area contributed by atoms with E-state index in [4.69, 9.17) is 0 Å². The number of aromatic nitrogens is 2. The number of ketones is 1. The van der Waals surface area contributed by atoms with Crippen molar-refractivity contribution in [1.82, 2.24) is 9.78 Å². The van der Waals surface area contributed by atoms with Crippen LogP contribution in [0.25, 0.3) is 5.69 Å². The van der Waals surface area contributed by atoms with Gasteiger partial charge in [-0.25, -0.2) is 4.68 Å². The van der Waals surface area contributed by atoms with Crippen molar-refractivity contribution >= 4 is 27.7 Å². The summed E-state index contributed by atoms with van der Waals surface area (Å²) < 4.78 is 2.16. The topological polar surface area (TPSA) is 92.1 Å². The molecular formula is C16H14BrN2NaO4. The Labute approximate surface area is 169 Å². The summed E-state index contributed by atoms with van der Waals surface area (Å²) in [6.45, 7) is 3.39. The molecule has 120 valence electrons. The Hall–Kier alpha value is -1.28. The second-order valence-electron chi connectivity index (χ2n) is 4.81. The fourth-order valence-electron chi connectivity index (χ4n) is 2.28. The number of nitrogens with zero attached hydrogens (tertiary/aromatic N) is 2. The Balaban J connectivity index is 0.00000288. The summed E-state index contributed by atoms with van der Waals surface area (Å²) in [5, 5.41) is 15.1. The van der Waals surface area contributed by atoms with Gasteiger partial charge in [-0.1, -0.05) is 29.8 Å². The van der Waals surface area contributed by atoms with Crippen LogP contribution in [0.1, 0.15) is 46.8 Å². The van der Waals surface area contributed by atoms with Crippen LogP contribution >= 0.6 is 15.9 Å². The molecule has 0 bridgehead atoms. The normalized spacial score (nSPS) is 10.1. The first-order chi connectivity index (χ1) is 10.9. The summed E-state index contributed by atoms with van der Waals surface area (Å²) in [6, 6.07) is 6.93. The van der Waals surface area contributed by atoms with Gasteiger partial charge in [-0.2, -0.15) is 5.10 Å². The molecule has 2 rings (SSSR count). The molecule has 24 heavy (non-hydrogen) atoms. The quantitative estimate of drug-likeness (QED) is 0.450. The van der Waals surface area contributed by atoms with Gasteiger partial charge in [0.2, 0.25) is 5.43 Å². The minimum atomic E-state index is -1.70. The molecule has 0 unspecified atom stereocenters. The molecule has 1 aromatic carbocycles. The maximum absolute atomic E-state index is 12.3. The van der Waals surface area contributed by atoms with Gasteiger partial charge in [0.15, 0.2) is 11.5 Å². The smallest absolute Gasteiger partial charge is 0.543 e. The molecule has 0 N–H and O–H groups in total. The van der Waals surface area contributed by atoms with Gasteiger partial charge >= 0.3 is 29.6 Å². The van der Waals surface area contributed by atoms with Crippen molar-refractivity contribution < 1.29 is 44.3 Å². The van der Waals surface area contributed by atoms with E-state index in [-0.39, 0.29) is 41.5 Å². The summed E-state index contributed by atoms with van der Waals surface area (Å²) in [4.78, 5) is 35.7. The molecular weight excluding hydrogens is 387 g/mol. The third-order valence-corrected chi connectivity index (χ3v) is 3.91. The molecule has 0 atom stereocenters. The molecule has 1 aromatic heterocycles. The number of carboxylic acids is 1. The van der Waals surface area contributed by atoms with Crippen LogP contribution in [-0.2, 0) is 6.42 Å². The SMILES string of the molecule is CCC(=O)c1c(CC)n(-c2ccc(Br)cc2)nc(C(=O)[O-])c1=O.[Na+]. The van der Waals surface area contributed by atoms with E-state index < -0.39 is 22.9 Å². The molecule has 0 aliphatic carbocycles. The van der Waals surface area contributed by atoms with Crippen molar-refractivity contribution in [1.29, 1.82) is 0 Å². The van der Waals surface area contributed by atoms with Crippen LogP contribution in [-0.4, -0.2) is 21.5 Å². The van der Waals surface area contributed by atoms with Gasteiger partial charge in [-0.05, 0) is 30.7 Å². The molecule has 2 aromatic rings. The van der Waals surface area contributed by atoms with Crippen LogP contribution in [0.15, 0.2) is 33.5 Å². The van der Waals surface area contributed by atoms with Gasteiger partial charge in [0, 0.05) is 10.9 Å². The van der Waals surface area contributed by atoms with E-state index in [1.165, 1.54) is 4.68 Å². The first-order valence-corrected chi connectivity index (χ1v) is 7.86. The molecule has 0 saturated heterocycles. The monoisotopic (exact) mass is 400 g/mol. The minimum absolute atomic E-state index is 0. The van der Waals surface area contributed by atoms with Crippen LogP contribution in [0.4, 0.5) is 0 Å². The van der Waals surface area contributed by atoms with Crippen molar-refractivity contribution in [3.05, 3.63) is 55.9 Å². The summed E-state index contributed by atoms with van der Waals surface area (Å²) >= 11 is 3.31. The van der Waals surface area contributed by atoms with Gasteiger partial charge < -0.3 is 9.90 Å². The first-order valence-electron chi connectivity index (χ1n) is 7.07. The number of hydrogen-bond donors (Lipinski definition) is 0. The molecule has 0 fully saturated rings. The van der Waals surface area contributed by atoms with E-state index in [9.17, 15) is 19.5 Å². The third kappa shape index (κ3) is 4.03. The number of carbonyl (C=O) groups is 2. The zero-order chi connectivity index (χ0) is 17.1. The average Bonchev–Trinajstić information content (AvgIpc) is 2.54. The molecule has 0 radical (unpaired) electrons. The Morgan fingerprint density at radius 3 is 2.25 bits per heavy atom. The van der Waals surface area contributed by atoms with Crippen LogP contribution in [0, 0.1) is 0 Å². The second kappa shape index (κ2) is 8.71. The number of benzene rings is 1. The summed E-state index contributed by atoms with van der Waals surface area (Å²) in [5.41, 5.74) is -0.844. The van der Waals surface area contributed by atoms with E-state index in [0.29, 0.717) is 17.8 Å². The molecule has 1 heterocycles. The Morgan fingerprint density at radius 1 is 1.21 bits per heavy atom. The molecule has 0 aliphatic heterocycles. The number of carboxylic acid groups (broad SMARTS) is 1. The van der Waals surface area contributed by atoms with Crippen molar-refractivity contribution in [2.75, 3.05) is 0 Å². The fourth-order valence-corrected chi connectivity index (χ4v) is 2.55. The molecule has 0 aliphatic rings. The number of hydrogen-bond acceptors (Lipinski definition) is 5. The second-order valence-corrected chi connectivity index (χ2v) is 5.72. The Morgan fingerprint density at radius 2 is 1.79 bits per heavy atom. The van der Waals surface area contributed by atoms with E-state index >= 15 is 0 Å². The molecule has 0 saturated carbocycles. The average molecular weight is 401 g/mol. The van der Waals surface area contributed by atoms with E-state index in [0.717, 1.165) is 4.47 Å². The Kier molecular flexibility index (Phi) is 7.54. The first kappa shape index (κ1) is 20.8. The maximum atomic E-state index is 12.3. The molecule has 6 nitrogen and oxygen atoms in total. The number of carbonyl (C=O) groups excluding carboxylic acids is 2. The summed E-state index contributed by atoms with van der Waals surface area (Å²) in [6.07, 6.45) is 0.450. The van der Waals surface area contributed by atoms with Gasteiger partial charge in [-0.15, -0.1) is 0 Å². The van der Waals surface area contributed by atoms with Crippen molar-refractivity contribution in [2.45, 2.75) is 26.7 Å². The predicted molar refractivity (Wildman–Crippen MR) is 85.9 cm³/mol. The van der Waals surface area contributed by atoms with E-state index in [1.807, 2.05) is 0 Å². The van der Waals surface area contributed by atoms with Gasteiger partial charge in [0.05, 0.1) is 22.9 Å². The van der Waals surface area contributed by atoms with Gasteiger partial charge in [0.25, 0.3) is 0 Å². The van der Waals surface area contributed by atoms with Crippen LogP contribution < -0.4 is 40.1 Å². The zero-order valence-electron chi connectivity index (χ0n) is 13.6. The maximum Gasteiger partial charge on any atom is 1.00 e. The molecule has 0 spiro atoms. The summed E-state index contributed by atoms with van der Waals surface area (Å²) in [7, 11) is 0.